The Morgan fingerprint density at radius 1 is 1.50 bits per heavy atom. The topological polar surface area (TPSA) is 55.1 Å². The number of carbonyl (C=O) groups is 1. The van der Waals surface area contributed by atoms with E-state index in [-0.39, 0.29) is 11.9 Å². The molecule has 1 atom stereocenters. The van der Waals surface area contributed by atoms with Crippen molar-refractivity contribution in [2.24, 2.45) is 17.1 Å². The Hall–Kier alpha value is -0.570. The number of hydrogen-bond acceptors (Lipinski definition) is 2. The van der Waals surface area contributed by atoms with Gasteiger partial charge in [0.15, 0.2) is 0 Å². The van der Waals surface area contributed by atoms with Crippen LogP contribution >= 0.6 is 0 Å². The number of nitrogens with one attached hydrogen (secondary N) is 1. The summed E-state index contributed by atoms with van der Waals surface area (Å²) < 4.78 is 0. The van der Waals surface area contributed by atoms with E-state index in [1.807, 2.05) is 0 Å². The minimum Gasteiger partial charge on any atom is -0.355 e. The molecular formula is C13H24N2O. The van der Waals surface area contributed by atoms with Crippen LogP contribution in [0.4, 0.5) is 0 Å². The maximum absolute atomic E-state index is 11.7. The molecule has 0 radical (unpaired) electrons. The van der Waals surface area contributed by atoms with Crippen LogP contribution in [0.15, 0.2) is 0 Å². The highest BCUT2D eigenvalue weighted by Gasteiger charge is 2.41. The summed E-state index contributed by atoms with van der Waals surface area (Å²) in [7, 11) is 0. The lowest BCUT2D eigenvalue weighted by molar-refractivity contribution is -0.121. The van der Waals surface area contributed by atoms with Crippen molar-refractivity contribution >= 4 is 5.91 Å². The van der Waals surface area contributed by atoms with Crippen molar-refractivity contribution in [3.8, 4) is 0 Å². The largest absolute Gasteiger partial charge is 0.355 e. The van der Waals surface area contributed by atoms with E-state index in [1.54, 1.807) is 0 Å². The highest BCUT2D eigenvalue weighted by Crippen LogP contribution is 2.48. The molecule has 2 aliphatic carbocycles. The minimum absolute atomic E-state index is 0.0985. The highest BCUT2D eigenvalue weighted by atomic mass is 16.1. The number of carbonyl (C=O) groups excluding carboxylic acids is 1. The van der Waals surface area contributed by atoms with E-state index < -0.39 is 0 Å². The van der Waals surface area contributed by atoms with Gasteiger partial charge in [0.05, 0.1) is 0 Å². The molecule has 0 heterocycles. The molecule has 2 fully saturated rings. The average Bonchev–Trinajstić information content (AvgIpc) is 3.11. The van der Waals surface area contributed by atoms with Gasteiger partial charge in [-0.1, -0.05) is 13.3 Å². The first-order valence-corrected chi connectivity index (χ1v) is 6.67. The number of rotatable bonds is 7. The Labute approximate surface area is 98.2 Å². The molecule has 1 amide bonds. The number of amides is 1. The summed E-state index contributed by atoms with van der Waals surface area (Å²) in [6.07, 6.45) is 8.00. The van der Waals surface area contributed by atoms with E-state index in [9.17, 15) is 4.79 Å². The summed E-state index contributed by atoms with van der Waals surface area (Å²) >= 11 is 0. The Kier molecular flexibility index (Phi) is 3.53. The molecule has 0 spiro atoms. The normalized spacial score (nSPS) is 23.9. The van der Waals surface area contributed by atoms with E-state index in [0.29, 0.717) is 17.8 Å². The quantitative estimate of drug-likeness (QED) is 0.693. The fourth-order valence-corrected chi connectivity index (χ4v) is 2.49. The third-order valence-corrected chi connectivity index (χ3v) is 4.05. The van der Waals surface area contributed by atoms with Gasteiger partial charge >= 0.3 is 0 Å². The van der Waals surface area contributed by atoms with Crippen LogP contribution < -0.4 is 11.1 Å². The first-order valence-electron chi connectivity index (χ1n) is 6.67. The maximum Gasteiger partial charge on any atom is 0.221 e. The molecule has 2 saturated carbocycles. The van der Waals surface area contributed by atoms with Crippen molar-refractivity contribution in [2.45, 2.75) is 57.9 Å². The van der Waals surface area contributed by atoms with Crippen molar-refractivity contribution in [1.82, 2.24) is 5.32 Å². The maximum atomic E-state index is 11.7. The van der Waals surface area contributed by atoms with Gasteiger partial charge in [-0.05, 0) is 43.4 Å². The zero-order valence-electron chi connectivity index (χ0n) is 10.3. The fourth-order valence-electron chi connectivity index (χ4n) is 2.49. The minimum atomic E-state index is 0.0985. The Bertz CT molecular complexity index is 257. The molecule has 92 valence electrons. The molecule has 0 saturated heterocycles. The smallest absolute Gasteiger partial charge is 0.221 e. The summed E-state index contributed by atoms with van der Waals surface area (Å²) in [5.41, 5.74) is 6.39. The molecule has 0 aromatic rings. The van der Waals surface area contributed by atoms with Gasteiger partial charge in [-0.25, -0.2) is 0 Å². The van der Waals surface area contributed by atoms with Crippen LogP contribution in [0.2, 0.25) is 0 Å². The van der Waals surface area contributed by atoms with Gasteiger partial charge in [-0.15, -0.1) is 0 Å². The lowest BCUT2D eigenvalue weighted by Gasteiger charge is -2.16. The van der Waals surface area contributed by atoms with Crippen LogP contribution in [0.3, 0.4) is 0 Å². The molecule has 0 aromatic carbocycles. The van der Waals surface area contributed by atoms with Crippen molar-refractivity contribution in [1.29, 1.82) is 0 Å². The van der Waals surface area contributed by atoms with E-state index in [1.165, 1.54) is 38.5 Å². The Morgan fingerprint density at radius 2 is 2.19 bits per heavy atom. The van der Waals surface area contributed by atoms with Crippen molar-refractivity contribution in [2.75, 3.05) is 6.54 Å². The van der Waals surface area contributed by atoms with Gasteiger partial charge in [0.2, 0.25) is 5.91 Å². The molecule has 2 aliphatic rings. The highest BCUT2D eigenvalue weighted by molar-refractivity contribution is 5.76. The molecule has 3 N–H and O–H groups in total. The van der Waals surface area contributed by atoms with Gasteiger partial charge in [0, 0.05) is 19.0 Å². The van der Waals surface area contributed by atoms with E-state index in [4.69, 9.17) is 5.73 Å². The lowest BCUT2D eigenvalue weighted by atomic mass is 10.0. The molecule has 0 aliphatic heterocycles. The second-order valence-corrected chi connectivity index (χ2v) is 5.73. The SMILES string of the molecule is CCCC1(CNC(=O)CC(N)C2CC2)CC1. The van der Waals surface area contributed by atoms with Gasteiger partial charge in [0.25, 0.3) is 0 Å². The first kappa shape index (κ1) is 11.9. The Balaban J connectivity index is 1.63. The molecule has 3 heteroatoms. The van der Waals surface area contributed by atoms with Crippen molar-refractivity contribution in [3.05, 3.63) is 0 Å². The fraction of sp³-hybridized carbons (Fsp3) is 0.923. The van der Waals surface area contributed by atoms with Crippen molar-refractivity contribution in [3.63, 3.8) is 0 Å². The second kappa shape index (κ2) is 4.74. The zero-order valence-corrected chi connectivity index (χ0v) is 10.3. The van der Waals surface area contributed by atoms with Gasteiger partial charge < -0.3 is 11.1 Å². The molecule has 16 heavy (non-hydrogen) atoms. The third kappa shape index (κ3) is 3.21. The molecule has 0 aromatic heterocycles. The lowest BCUT2D eigenvalue weighted by Crippen LogP contribution is -2.35. The Morgan fingerprint density at radius 3 is 2.69 bits per heavy atom. The molecular weight excluding hydrogens is 200 g/mol. The first-order chi connectivity index (χ1) is 7.65. The summed E-state index contributed by atoms with van der Waals surface area (Å²) in [5.74, 6) is 0.776. The van der Waals surface area contributed by atoms with Crippen LogP contribution in [0.25, 0.3) is 0 Å². The van der Waals surface area contributed by atoms with Gasteiger partial charge in [-0.2, -0.15) is 0 Å². The number of nitrogens with two attached hydrogens (primary N) is 1. The molecule has 1 unspecified atom stereocenters. The van der Waals surface area contributed by atoms with E-state index in [0.717, 1.165) is 6.54 Å². The van der Waals surface area contributed by atoms with Crippen LogP contribution in [-0.2, 0) is 4.79 Å². The molecule has 3 nitrogen and oxygen atoms in total. The number of hydrogen-bond donors (Lipinski definition) is 2. The molecule has 2 rings (SSSR count). The summed E-state index contributed by atoms with van der Waals surface area (Å²) in [6, 6.07) is 0.0985. The van der Waals surface area contributed by atoms with Crippen molar-refractivity contribution < 1.29 is 4.79 Å². The third-order valence-electron chi connectivity index (χ3n) is 4.05. The van der Waals surface area contributed by atoms with Crippen LogP contribution in [0.5, 0.6) is 0 Å². The van der Waals surface area contributed by atoms with Crippen LogP contribution in [0.1, 0.15) is 51.9 Å². The summed E-state index contributed by atoms with van der Waals surface area (Å²) in [6.45, 7) is 3.09. The van der Waals surface area contributed by atoms with Gasteiger partial charge in [-0.3, -0.25) is 4.79 Å². The summed E-state index contributed by atoms with van der Waals surface area (Å²) in [4.78, 5) is 11.7. The molecule has 0 bridgehead atoms. The predicted molar refractivity (Wildman–Crippen MR) is 64.9 cm³/mol. The zero-order chi connectivity index (χ0) is 11.6. The monoisotopic (exact) mass is 224 g/mol. The van der Waals surface area contributed by atoms with Crippen LogP contribution in [0, 0.1) is 11.3 Å². The summed E-state index contributed by atoms with van der Waals surface area (Å²) in [5, 5.41) is 3.06. The van der Waals surface area contributed by atoms with Gasteiger partial charge in [0.1, 0.15) is 0 Å². The second-order valence-electron chi connectivity index (χ2n) is 5.73. The predicted octanol–water partition coefficient (Wildman–Crippen LogP) is 1.81. The van der Waals surface area contributed by atoms with Crippen LogP contribution in [-0.4, -0.2) is 18.5 Å². The standard InChI is InChI=1S/C13H24N2O/c1-2-5-13(6-7-13)9-15-12(16)8-11(14)10-3-4-10/h10-11H,2-9,14H2,1H3,(H,15,16). The van der Waals surface area contributed by atoms with E-state index in [2.05, 4.69) is 12.2 Å². The van der Waals surface area contributed by atoms with E-state index >= 15 is 0 Å². The average molecular weight is 224 g/mol.